The Morgan fingerprint density at radius 1 is 1.06 bits per heavy atom. The second kappa shape index (κ2) is 4.09. The Kier molecular flexibility index (Phi) is 3.21. The molecule has 4 nitrogen and oxygen atoms in total. The molecule has 0 aromatic heterocycles. The van der Waals surface area contributed by atoms with Crippen molar-refractivity contribution >= 4 is 7.60 Å². The average molecular weight is 248 g/mol. The fourth-order valence-electron chi connectivity index (χ4n) is 2.00. The Balaban J connectivity index is 2.03. The van der Waals surface area contributed by atoms with Crippen LogP contribution in [0.4, 0.5) is 0 Å². The van der Waals surface area contributed by atoms with Crippen LogP contribution in [0.2, 0.25) is 0 Å². The number of hydrogen-bond acceptors (Lipinski definition) is 4. The summed E-state index contributed by atoms with van der Waals surface area (Å²) in [6.45, 7) is 8.30. The van der Waals surface area contributed by atoms with Gasteiger partial charge >= 0.3 is 7.60 Å². The molecule has 1 spiro atoms. The molecule has 16 heavy (non-hydrogen) atoms. The lowest BCUT2D eigenvalue weighted by molar-refractivity contribution is -0.0633. The molecule has 0 aromatic carbocycles. The Morgan fingerprint density at radius 3 is 2.00 bits per heavy atom. The first-order chi connectivity index (χ1) is 7.37. The van der Waals surface area contributed by atoms with Crippen molar-refractivity contribution in [3.63, 3.8) is 0 Å². The van der Waals surface area contributed by atoms with Gasteiger partial charge in [-0.3, -0.25) is 4.57 Å². The first-order valence-electron chi connectivity index (χ1n) is 5.84. The second-order valence-corrected chi connectivity index (χ2v) is 8.68. The van der Waals surface area contributed by atoms with Gasteiger partial charge in [0.1, 0.15) is 0 Å². The van der Waals surface area contributed by atoms with E-state index in [1.54, 1.807) is 0 Å². The van der Waals surface area contributed by atoms with Crippen LogP contribution in [-0.4, -0.2) is 31.6 Å². The zero-order valence-electron chi connectivity index (χ0n) is 10.3. The molecule has 2 fully saturated rings. The third-order valence-electron chi connectivity index (χ3n) is 3.46. The molecule has 2 aliphatic heterocycles. The highest BCUT2D eigenvalue weighted by atomic mass is 31.2. The van der Waals surface area contributed by atoms with Gasteiger partial charge < -0.3 is 13.8 Å². The third kappa shape index (κ3) is 2.21. The molecule has 5 heteroatoms. The molecule has 0 amide bonds. The van der Waals surface area contributed by atoms with Crippen molar-refractivity contribution in [2.24, 2.45) is 5.41 Å². The van der Waals surface area contributed by atoms with Gasteiger partial charge in [-0.1, -0.05) is 0 Å². The Morgan fingerprint density at radius 2 is 1.56 bits per heavy atom. The summed E-state index contributed by atoms with van der Waals surface area (Å²) in [5, 5.41) is -0.431. The van der Waals surface area contributed by atoms with Crippen LogP contribution in [0.1, 0.15) is 33.6 Å². The van der Waals surface area contributed by atoms with Crippen molar-refractivity contribution in [2.45, 2.75) is 38.8 Å². The SMILES string of the molecule is CC(C)(C)P1(=O)OCC2(CCOCC2)CO1. The molecular formula is C11H21O4P. The van der Waals surface area contributed by atoms with E-state index in [9.17, 15) is 4.57 Å². The highest BCUT2D eigenvalue weighted by molar-refractivity contribution is 7.55. The number of hydrogen-bond donors (Lipinski definition) is 0. The molecule has 0 unspecified atom stereocenters. The number of rotatable bonds is 0. The van der Waals surface area contributed by atoms with Crippen LogP contribution in [0, 0.1) is 5.41 Å². The molecule has 2 aliphatic rings. The third-order valence-corrected chi connectivity index (χ3v) is 6.04. The quantitative estimate of drug-likeness (QED) is 0.618. The molecule has 0 aliphatic carbocycles. The smallest absolute Gasteiger partial charge is 0.335 e. The van der Waals surface area contributed by atoms with E-state index in [4.69, 9.17) is 13.8 Å². The van der Waals surface area contributed by atoms with Crippen molar-refractivity contribution in [1.82, 2.24) is 0 Å². The fraction of sp³-hybridized carbons (Fsp3) is 1.00. The van der Waals surface area contributed by atoms with Crippen LogP contribution < -0.4 is 0 Å². The maximum atomic E-state index is 12.4. The maximum absolute atomic E-state index is 12.4. The van der Waals surface area contributed by atoms with E-state index in [-0.39, 0.29) is 5.41 Å². The van der Waals surface area contributed by atoms with Crippen molar-refractivity contribution < 1.29 is 18.3 Å². The molecule has 0 N–H and O–H groups in total. The maximum Gasteiger partial charge on any atom is 0.335 e. The normalized spacial score (nSPS) is 29.2. The van der Waals surface area contributed by atoms with E-state index in [0.717, 1.165) is 26.1 Å². The van der Waals surface area contributed by atoms with Crippen LogP contribution in [0.25, 0.3) is 0 Å². The Bertz CT molecular complexity index is 288. The summed E-state index contributed by atoms with van der Waals surface area (Å²) < 4.78 is 28.9. The predicted octanol–water partition coefficient (Wildman–Crippen LogP) is 2.82. The molecule has 0 saturated carbocycles. The molecule has 0 radical (unpaired) electrons. The van der Waals surface area contributed by atoms with Gasteiger partial charge in [0.25, 0.3) is 0 Å². The van der Waals surface area contributed by atoms with Crippen LogP contribution in [-0.2, 0) is 18.3 Å². The largest absolute Gasteiger partial charge is 0.381 e. The van der Waals surface area contributed by atoms with Gasteiger partial charge in [-0.15, -0.1) is 0 Å². The highest BCUT2D eigenvalue weighted by Crippen LogP contribution is 2.63. The molecular weight excluding hydrogens is 227 g/mol. The van der Waals surface area contributed by atoms with Gasteiger partial charge in [-0.05, 0) is 33.6 Å². The predicted molar refractivity (Wildman–Crippen MR) is 61.7 cm³/mol. The van der Waals surface area contributed by atoms with Crippen LogP contribution >= 0.6 is 7.60 Å². The first-order valence-corrected chi connectivity index (χ1v) is 7.38. The molecule has 2 rings (SSSR count). The standard InChI is InChI=1S/C11H21O4P/c1-10(2,3)16(12)14-8-11(9-15-16)4-6-13-7-5-11/h4-9H2,1-3H3. The fourth-order valence-corrected chi connectivity index (χ4v) is 3.74. The Labute approximate surface area is 97.2 Å². The summed E-state index contributed by atoms with van der Waals surface area (Å²) in [7, 11) is -2.93. The zero-order valence-corrected chi connectivity index (χ0v) is 11.2. The molecule has 0 bridgehead atoms. The lowest BCUT2D eigenvalue weighted by Gasteiger charge is -2.44. The van der Waals surface area contributed by atoms with E-state index < -0.39 is 12.8 Å². The van der Waals surface area contributed by atoms with Gasteiger partial charge in [-0.25, -0.2) is 0 Å². The van der Waals surface area contributed by atoms with Crippen molar-refractivity contribution in [1.29, 1.82) is 0 Å². The van der Waals surface area contributed by atoms with E-state index in [2.05, 4.69) is 0 Å². The second-order valence-electron chi connectivity index (χ2n) is 5.83. The minimum absolute atomic E-state index is 0.0391. The topological polar surface area (TPSA) is 44.8 Å². The average Bonchev–Trinajstić information content (AvgIpc) is 2.23. The lowest BCUT2D eigenvalue weighted by atomic mass is 9.82. The Hall–Kier alpha value is 0.110. The minimum Gasteiger partial charge on any atom is -0.381 e. The van der Waals surface area contributed by atoms with E-state index >= 15 is 0 Å². The summed E-state index contributed by atoms with van der Waals surface area (Å²) >= 11 is 0. The van der Waals surface area contributed by atoms with Gasteiger partial charge in [0.05, 0.1) is 18.4 Å². The van der Waals surface area contributed by atoms with E-state index in [0.29, 0.717) is 13.2 Å². The van der Waals surface area contributed by atoms with Crippen molar-refractivity contribution in [3.8, 4) is 0 Å². The monoisotopic (exact) mass is 248 g/mol. The highest BCUT2D eigenvalue weighted by Gasteiger charge is 2.48. The van der Waals surface area contributed by atoms with E-state index in [1.807, 2.05) is 20.8 Å². The number of ether oxygens (including phenoxy) is 1. The molecule has 2 saturated heterocycles. The summed E-state index contributed by atoms with van der Waals surface area (Å²) in [5.41, 5.74) is 0.0391. The van der Waals surface area contributed by atoms with Crippen molar-refractivity contribution in [2.75, 3.05) is 26.4 Å². The molecule has 2 heterocycles. The van der Waals surface area contributed by atoms with Gasteiger partial charge in [0.15, 0.2) is 0 Å². The summed E-state index contributed by atoms with van der Waals surface area (Å²) in [6.07, 6.45) is 1.88. The minimum atomic E-state index is -2.93. The van der Waals surface area contributed by atoms with Gasteiger partial charge in [-0.2, -0.15) is 0 Å². The lowest BCUT2D eigenvalue weighted by Crippen LogP contribution is -2.42. The van der Waals surface area contributed by atoms with E-state index in [1.165, 1.54) is 0 Å². The van der Waals surface area contributed by atoms with Crippen LogP contribution in [0.15, 0.2) is 0 Å². The van der Waals surface area contributed by atoms with Crippen molar-refractivity contribution in [3.05, 3.63) is 0 Å². The first kappa shape index (κ1) is 12.6. The van der Waals surface area contributed by atoms with Crippen LogP contribution in [0.5, 0.6) is 0 Å². The van der Waals surface area contributed by atoms with Gasteiger partial charge in [0.2, 0.25) is 0 Å². The molecule has 94 valence electrons. The molecule has 0 atom stereocenters. The molecule has 0 aromatic rings. The summed E-state index contributed by atoms with van der Waals surface area (Å²) in [4.78, 5) is 0. The van der Waals surface area contributed by atoms with Crippen LogP contribution in [0.3, 0.4) is 0 Å². The zero-order chi connectivity index (χ0) is 11.9. The summed E-state index contributed by atoms with van der Waals surface area (Å²) in [6, 6.07) is 0. The summed E-state index contributed by atoms with van der Waals surface area (Å²) in [5.74, 6) is 0. The van der Waals surface area contributed by atoms with Gasteiger partial charge in [0, 0.05) is 18.6 Å².